The number of nitrogens with one attached hydrogen (secondary N) is 2. The summed E-state index contributed by atoms with van der Waals surface area (Å²) in [5.41, 5.74) is -1.49. The normalized spacial score (nSPS) is 15.8. The van der Waals surface area contributed by atoms with Crippen LogP contribution in [0, 0.1) is 5.82 Å². The zero-order chi connectivity index (χ0) is 14.0. The molecule has 0 heterocycles. The van der Waals surface area contributed by atoms with Crippen LogP contribution in [0.3, 0.4) is 0 Å². The molecule has 0 aromatic heterocycles. The van der Waals surface area contributed by atoms with Gasteiger partial charge in [-0.05, 0) is 37.5 Å². The number of anilines is 1. The average Bonchev–Trinajstić information content (AvgIpc) is 2.25. The lowest BCUT2D eigenvalue weighted by Crippen LogP contribution is -2.41. The Morgan fingerprint density at radius 1 is 1.26 bits per heavy atom. The van der Waals surface area contributed by atoms with Crippen LogP contribution in [0.1, 0.15) is 24.8 Å². The van der Waals surface area contributed by atoms with Crippen molar-refractivity contribution in [3.05, 3.63) is 29.6 Å². The number of alkyl halides is 3. The summed E-state index contributed by atoms with van der Waals surface area (Å²) in [6.45, 7) is 0. The van der Waals surface area contributed by atoms with Crippen LogP contribution in [-0.2, 0) is 6.18 Å². The minimum Gasteiger partial charge on any atom is -0.335 e. The first kappa shape index (κ1) is 13.6. The number of halogens is 4. The van der Waals surface area contributed by atoms with Crippen LogP contribution >= 0.6 is 0 Å². The molecular weight excluding hydrogens is 264 g/mol. The number of carbonyl (C=O) groups excluding carboxylic acids is 1. The van der Waals surface area contributed by atoms with Crippen LogP contribution in [-0.4, -0.2) is 12.1 Å². The molecule has 1 aromatic carbocycles. The predicted molar refractivity (Wildman–Crippen MR) is 61.2 cm³/mol. The highest BCUT2D eigenvalue weighted by molar-refractivity contribution is 5.89. The fourth-order valence-electron chi connectivity index (χ4n) is 1.73. The van der Waals surface area contributed by atoms with Gasteiger partial charge in [-0.3, -0.25) is 0 Å². The van der Waals surface area contributed by atoms with Crippen LogP contribution in [0.25, 0.3) is 0 Å². The Kier molecular flexibility index (Phi) is 3.64. The van der Waals surface area contributed by atoms with Crippen molar-refractivity contribution in [3.8, 4) is 0 Å². The first-order valence-corrected chi connectivity index (χ1v) is 5.80. The van der Waals surface area contributed by atoms with Crippen molar-refractivity contribution in [2.45, 2.75) is 31.5 Å². The van der Waals surface area contributed by atoms with Crippen molar-refractivity contribution in [2.75, 3.05) is 5.32 Å². The summed E-state index contributed by atoms with van der Waals surface area (Å²) >= 11 is 0. The molecule has 1 aromatic rings. The van der Waals surface area contributed by atoms with E-state index in [1.807, 2.05) is 0 Å². The van der Waals surface area contributed by atoms with Crippen LogP contribution in [0.2, 0.25) is 0 Å². The Labute approximate surface area is 107 Å². The lowest BCUT2D eigenvalue weighted by atomic mass is 9.93. The average molecular weight is 276 g/mol. The fourth-order valence-corrected chi connectivity index (χ4v) is 1.73. The van der Waals surface area contributed by atoms with Gasteiger partial charge < -0.3 is 10.6 Å². The summed E-state index contributed by atoms with van der Waals surface area (Å²) in [5, 5.41) is 4.88. The predicted octanol–water partition coefficient (Wildman–Crippen LogP) is 3.52. The van der Waals surface area contributed by atoms with Crippen molar-refractivity contribution in [1.82, 2.24) is 5.32 Å². The molecule has 2 rings (SSSR count). The third kappa shape index (κ3) is 3.36. The minimum atomic E-state index is -4.79. The number of amides is 2. The molecule has 2 N–H and O–H groups in total. The van der Waals surface area contributed by atoms with Gasteiger partial charge in [0, 0.05) is 11.7 Å². The van der Waals surface area contributed by atoms with Gasteiger partial charge in [-0.15, -0.1) is 0 Å². The Balaban J connectivity index is 2.06. The zero-order valence-electron chi connectivity index (χ0n) is 9.85. The van der Waals surface area contributed by atoms with Crippen molar-refractivity contribution in [3.63, 3.8) is 0 Å². The van der Waals surface area contributed by atoms with E-state index >= 15 is 0 Å². The highest BCUT2D eigenvalue weighted by Gasteiger charge is 2.34. The monoisotopic (exact) mass is 276 g/mol. The van der Waals surface area contributed by atoms with Gasteiger partial charge in [-0.1, -0.05) is 0 Å². The lowest BCUT2D eigenvalue weighted by Gasteiger charge is -2.26. The van der Waals surface area contributed by atoms with Crippen LogP contribution in [0.4, 0.5) is 28.0 Å². The van der Waals surface area contributed by atoms with Crippen molar-refractivity contribution < 1.29 is 22.4 Å². The number of hydrogen-bond donors (Lipinski definition) is 2. The van der Waals surface area contributed by atoms with Gasteiger partial charge >= 0.3 is 12.2 Å². The van der Waals surface area contributed by atoms with E-state index in [0.717, 1.165) is 25.3 Å². The summed E-state index contributed by atoms with van der Waals surface area (Å²) in [5.74, 6) is -1.36. The molecule has 0 bridgehead atoms. The smallest absolute Gasteiger partial charge is 0.335 e. The highest BCUT2D eigenvalue weighted by atomic mass is 19.4. The molecule has 1 aliphatic rings. The largest absolute Gasteiger partial charge is 0.419 e. The van der Waals surface area contributed by atoms with Crippen LogP contribution in [0.5, 0.6) is 0 Å². The first-order chi connectivity index (χ1) is 8.86. The summed E-state index contributed by atoms with van der Waals surface area (Å²) < 4.78 is 50.4. The maximum absolute atomic E-state index is 13.0. The SMILES string of the molecule is O=C(Nc1ccc(F)c(C(F)(F)F)c1)NC1CCC1. The number of hydrogen-bond acceptors (Lipinski definition) is 1. The van der Waals surface area contributed by atoms with E-state index in [-0.39, 0.29) is 11.7 Å². The van der Waals surface area contributed by atoms with Crippen LogP contribution < -0.4 is 10.6 Å². The third-order valence-corrected chi connectivity index (χ3v) is 2.97. The van der Waals surface area contributed by atoms with E-state index in [9.17, 15) is 22.4 Å². The van der Waals surface area contributed by atoms with E-state index in [4.69, 9.17) is 0 Å². The number of benzene rings is 1. The van der Waals surface area contributed by atoms with Gasteiger partial charge in [0.15, 0.2) is 0 Å². The molecule has 19 heavy (non-hydrogen) atoms. The molecule has 2 amide bonds. The van der Waals surface area contributed by atoms with Gasteiger partial charge in [0.2, 0.25) is 0 Å². The molecule has 0 atom stereocenters. The number of carbonyl (C=O) groups is 1. The minimum absolute atomic E-state index is 0.0718. The van der Waals surface area contributed by atoms with E-state index in [1.54, 1.807) is 0 Å². The highest BCUT2D eigenvalue weighted by Crippen LogP contribution is 2.33. The molecule has 0 spiro atoms. The molecule has 0 radical (unpaired) electrons. The maximum atomic E-state index is 13.0. The fraction of sp³-hybridized carbons (Fsp3) is 0.417. The van der Waals surface area contributed by atoms with Gasteiger partial charge in [-0.25, -0.2) is 9.18 Å². The molecule has 7 heteroatoms. The van der Waals surface area contributed by atoms with Gasteiger partial charge in [-0.2, -0.15) is 13.2 Å². The lowest BCUT2D eigenvalue weighted by molar-refractivity contribution is -0.139. The molecule has 1 saturated carbocycles. The summed E-state index contributed by atoms with van der Waals surface area (Å²) in [6.07, 6.45) is -2.03. The standard InChI is InChI=1S/C12H12F4N2O/c13-10-5-4-8(6-9(10)12(14,15)16)18-11(19)17-7-2-1-3-7/h4-7H,1-3H2,(H2,17,18,19). The first-order valence-electron chi connectivity index (χ1n) is 5.80. The topological polar surface area (TPSA) is 41.1 Å². The maximum Gasteiger partial charge on any atom is 0.419 e. The molecular formula is C12H12F4N2O. The van der Waals surface area contributed by atoms with Crippen molar-refractivity contribution in [1.29, 1.82) is 0 Å². The van der Waals surface area contributed by atoms with Crippen molar-refractivity contribution in [2.24, 2.45) is 0 Å². The second kappa shape index (κ2) is 5.07. The Morgan fingerprint density at radius 2 is 1.95 bits per heavy atom. The van der Waals surface area contributed by atoms with Gasteiger partial charge in [0.25, 0.3) is 0 Å². The number of urea groups is 1. The second-order valence-corrected chi connectivity index (χ2v) is 4.42. The van der Waals surface area contributed by atoms with E-state index in [0.29, 0.717) is 12.1 Å². The molecule has 0 aliphatic heterocycles. The summed E-state index contributed by atoms with van der Waals surface area (Å²) in [4.78, 5) is 11.5. The Hall–Kier alpha value is -1.79. The Bertz CT molecular complexity index is 483. The molecule has 0 saturated heterocycles. The van der Waals surface area contributed by atoms with Crippen LogP contribution in [0.15, 0.2) is 18.2 Å². The third-order valence-electron chi connectivity index (χ3n) is 2.97. The second-order valence-electron chi connectivity index (χ2n) is 4.42. The van der Waals surface area contributed by atoms with Gasteiger partial charge in [0.1, 0.15) is 5.82 Å². The summed E-state index contributed by atoms with van der Waals surface area (Å²) in [6, 6.07) is 1.84. The molecule has 3 nitrogen and oxygen atoms in total. The zero-order valence-corrected chi connectivity index (χ0v) is 9.85. The van der Waals surface area contributed by atoms with E-state index < -0.39 is 23.6 Å². The molecule has 1 fully saturated rings. The summed E-state index contributed by atoms with van der Waals surface area (Å²) in [7, 11) is 0. The molecule has 0 unspecified atom stereocenters. The van der Waals surface area contributed by atoms with Gasteiger partial charge in [0.05, 0.1) is 5.56 Å². The quantitative estimate of drug-likeness (QED) is 0.797. The Morgan fingerprint density at radius 3 is 2.47 bits per heavy atom. The number of rotatable bonds is 2. The van der Waals surface area contributed by atoms with Crippen molar-refractivity contribution >= 4 is 11.7 Å². The van der Waals surface area contributed by atoms with E-state index in [2.05, 4.69) is 10.6 Å². The molecule has 1 aliphatic carbocycles. The van der Waals surface area contributed by atoms with E-state index in [1.165, 1.54) is 0 Å². The molecule has 104 valence electrons.